The topological polar surface area (TPSA) is 75.6 Å². The smallest absolute Gasteiger partial charge is 0.356 e. The van der Waals surface area contributed by atoms with Crippen LogP contribution in [0.4, 0.5) is 0 Å². The quantitative estimate of drug-likeness (QED) is 0.741. The van der Waals surface area contributed by atoms with E-state index in [9.17, 15) is 4.79 Å². The molecule has 2 atom stereocenters. The second-order valence-corrected chi connectivity index (χ2v) is 5.85. The molecule has 0 spiro atoms. The van der Waals surface area contributed by atoms with E-state index in [1.54, 1.807) is 20.1 Å². The Bertz CT molecular complexity index is 674. The molecular formula is C15H16BrNO6. The summed E-state index contributed by atoms with van der Waals surface area (Å²) in [5.74, 6) is 0.901. The Balaban J connectivity index is 1.94. The molecule has 0 radical (unpaired) electrons. The number of fused-ring (bicyclic) bond motifs is 1. The Morgan fingerprint density at radius 2 is 2.26 bits per heavy atom. The molecule has 1 aromatic carbocycles. The zero-order chi connectivity index (χ0) is 16.6. The van der Waals surface area contributed by atoms with Crippen LogP contribution in [0.15, 0.2) is 15.7 Å². The molecule has 0 aromatic heterocycles. The fourth-order valence-corrected chi connectivity index (χ4v) is 3.27. The zero-order valence-electron chi connectivity index (χ0n) is 12.9. The lowest BCUT2D eigenvalue weighted by Crippen LogP contribution is -2.24. The first kappa shape index (κ1) is 15.9. The number of rotatable bonds is 4. The minimum atomic E-state index is -0.466. The van der Waals surface area contributed by atoms with Gasteiger partial charge in [0, 0.05) is 5.56 Å². The van der Waals surface area contributed by atoms with Crippen molar-refractivity contribution in [2.45, 2.75) is 20.0 Å². The number of halogens is 1. The van der Waals surface area contributed by atoms with Crippen molar-refractivity contribution in [3.63, 3.8) is 0 Å². The number of carbonyl (C=O) groups excluding carboxylic acids is 1. The van der Waals surface area contributed by atoms with Crippen molar-refractivity contribution in [3.8, 4) is 17.2 Å². The molecule has 0 N–H and O–H groups in total. The highest BCUT2D eigenvalue weighted by Gasteiger charge is 2.39. The maximum absolute atomic E-state index is 11.9. The molecule has 0 bridgehead atoms. The molecule has 2 aliphatic heterocycles. The average molecular weight is 386 g/mol. The van der Waals surface area contributed by atoms with Gasteiger partial charge in [0.05, 0.1) is 24.1 Å². The van der Waals surface area contributed by atoms with E-state index in [4.69, 9.17) is 23.8 Å². The number of oxime groups is 1. The number of carbonyl (C=O) groups is 1. The van der Waals surface area contributed by atoms with Gasteiger partial charge in [-0.3, -0.25) is 0 Å². The van der Waals surface area contributed by atoms with Crippen LogP contribution in [0.2, 0.25) is 0 Å². The Hall–Kier alpha value is -1.96. The molecule has 124 valence electrons. The van der Waals surface area contributed by atoms with E-state index >= 15 is 0 Å². The summed E-state index contributed by atoms with van der Waals surface area (Å²) >= 11 is 3.51. The van der Waals surface area contributed by atoms with Crippen LogP contribution in [-0.4, -0.2) is 32.2 Å². The van der Waals surface area contributed by atoms with Crippen LogP contribution in [0, 0.1) is 5.92 Å². The van der Waals surface area contributed by atoms with Crippen molar-refractivity contribution in [2.75, 3.05) is 20.5 Å². The minimum Gasteiger partial charge on any atom is -0.492 e. The van der Waals surface area contributed by atoms with Crippen LogP contribution in [0.1, 0.15) is 25.5 Å². The first-order valence-electron chi connectivity index (χ1n) is 7.15. The molecular weight excluding hydrogens is 370 g/mol. The second kappa shape index (κ2) is 6.27. The van der Waals surface area contributed by atoms with Gasteiger partial charge in [0.2, 0.25) is 12.5 Å². The number of methoxy groups -OCH3 is 1. The predicted molar refractivity (Wildman–Crippen MR) is 83.9 cm³/mol. The number of hydrogen-bond donors (Lipinski definition) is 0. The van der Waals surface area contributed by atoms with Crippen molar-refractivity contribution in [2.24, 2.45) is 11.1 Å². The monoisotopic (exact) mass is 385 g/mol. The van der Waals surface area contributed by atoms with E-state index in [-0.39, 0.29) is 25.0 Å². The summed E-state index contributed by atoms with van der Waals surface area (Å²) < 4.78 is 21.9. The van der Waals surface area contributed by atoms with Crippen LogP contribution in [0.5, 0.6) is 17.2 Å². The van der Waals surface area contributed by atoms with Gasteiger partial charge in [-0.25, -0.2) is 4.79 Å². The summed E-state index contributed by atoms with van der Waals surface area (Å²) in [6.07, 6.45) is -0.452. The molecule has 2 unspecified atom stereocenters. The number of esters is 1. The highest BCUT2D eigenvalue weighted by molar-refractivity contribution is 9.10. The molecule has 1 aromatic rings. The Labute approximate surface area is 141 Å². The highest BCUT2D eigenvalue weighted by Crippen LogP contribution is 2.50. The minimum absolute atomic E-state index is 0.132. The van der Waals surface area contributed by atoms with E-state index in [1.807, 2.05) is 6.92 Å². The summed E-state index contributed by atoms with van der Waals surface area (Å²) in [4.78, 5) is 17.4. The molecule has 8 heteroatoms. The molecule has 7 nitrogen and oxygen atoms in total. The van der Waals surface area contributed by atoms with Crippen LogP contribution >= 0.6 is 15.9 Å². The molecule has 0 fully saturated rings. The van der Waals surface area contributed by atoms with Gasteiger partial charge in [0.15, 0.2) is 23.3 Å². The molecule has 0 aliphatic carbocycles. The van der Waals surface area contributed by atoms with Gasteiger partial charge >= 0.3 is 5.97 Å². The maximum atomic E-state index is 11.9. The molecule has 0 saturated heterocycles. The van der Waals surface area contributed by atoms with Crippen molar-refractivity contribution in [3.05, 3.63) is 16.1 Å². The normalized spacial score (nSPS) is 21.7. The molecule has 0 amide bonds. The van der Waals surface area contributed by atoms with E-state index in [0.29, 0.717) is 21.7 Å². The van der Waals surface area contributed by atoms with Gasteiger partial charge < -0.3 is 23.8 Å². The van der Waals surface area contributed by atoms with Gasteiger partial charge in [-0.15, -0.1) is 0 Å². The van der Waals surface area contributed by atoms with E-state index in [2.05, 4.69) is 21.1 Å². The summed E-state index contributed by atoms with van der Waals surface area (Å²) in [7, 11) is 1.55. The highest BCUT2D eigenvalue weighted by atomic mass is 79.9. The fraction of sp³-hybridized carbons (Fsp3) is 0.467. The second-order valence-electron chi connectivity index (χ2n) is 5.06. The molecule has 0 saturated carbocycles. The van der Waals surface area contributed by atoms with Crippen molar-refractivity contribution in [1.82, 2.24) is 0 Å². The SMILES string of the molecule is CCOC(=O)C1=NOC(c2cc3c(c(OC)c2Br)OCO3)C1C. The van der Waals surface area contributed by atoms with Gasteiger partial charge in [-0.1, -0.05) is 12.1 Å². The Morgan fingerprint density at radius 1 is 1.48 bits per heavy atom. The third-order valence-electron chi connectivity index (χ3n) is 3.73. The van der Waals surface area contributed by atoms with Crippen molar-refractivity contribution < 1.29 is 28.6 Å². The Kier molecular flexibility index (Phi) is 4.34. The van der Waals surface area contributed by atoms with E-state index < -0.39 is 12.1 Å². The summed E-state index contributed by atoms with van der Waals surface area (Å²) in [5, 5.41) is 3.89. The predicted octanol–water partition coefficient (Wildman–Crippen LogP) is 2.81. The van der Waals surface area contributed by atoms with Gasteiger partial charge in [0.1, 0.15) is 0 Å². The van der Waals surface area contributed by atoms with E-state index in [1.165, 1.54) is 0 Å². The number of ether oxygens (including phenoxy) is 4. The maximum Gasteiger partial charge on any atom is 0.356 e. The van der Waals surface area contributed by atoms with Gasteiger partial charge in [-0.2, -0.15) is 0 Å². The van der Waals surface area contributed by atoms with Gasteiger partial charge in [0.25, 0.3) is 0 Å². The molecule has 23 heavy (non-hydrogen) atoms. The lowest BCUT2D eigenvalue weighted by atomic mass is 9.93. The van der Waals surface area contributed by atoms with Crippen molar-refractivity contribution in [1.29, 1.82) is 0 Å². The van der Waals surface area contributed by atoms with Crippen LogP contribution in [-0.2, 0) is 14.4 Å². The zero-order valence-corrected chi connectivity index (χ0v) is 14.5. The van der Waals surface area contributed by atoms with Gasteiger partial charge in [-0.05, 0) is 28.9 Å². The number of hydrogen-bond acceptors (Lipinski definition) is 7. The first-order valence-corrected chi connectivity index (χ1v) is 7.94. The molecule has 2 aliphatic rings. The van der Waals surface area contributed by atoms with Crippen LogP contribution in [0.3, 0.4) is 0 Å². The summed E-state index contributed by atoms with van der Waals surface area (Å²) in [6.45, 7) is 4.02. The molecule has 2 heterocycles. The third kappa shape index (κ3) is 2.60. The van der Waals surface area contributed by atoms with Crippen molar-refractivity contribution >= 4 is 27.6 Å². The number of nitrogens with zero attached hydrogens (tertiary/aromatic N) is 1. The summed E-state index contributed by atoms with van der Waals surface area (Å²) in [6, 6.07) is 1.81. The largest absolute Gasteiger partial charge is 0.492 e. The summed E-state index contributed by atoms with van der Waals surface area (Å²) in [5.41, 5.74) is 1.03. The van der Waals surface area contributed by atoms with E-state index in [0.717, 1.165) is 5.56 Å². The third-order valence-corrected chi connectivity index (χ3v) is 4.55. The average Bonchev–Trinajstić information content (AvgIpc) is 3.13. The standard InChI is InChI=1S/C15H16BrNO6/c1-4-20-15(18)11-7(2)12(23-17-11)8-5-9-13(22-6-21-9)14(19-3)10(8)16/h5,7,12H,4,6H2,1-3H3. The lowest BCUT2D eigenvalue weighted by molar-refractivity contribution is -0.135. The lowest BCUT2D eigenvalue weighted by Gasteiger charge is -2.18. The Morgan fingerprint density at radius 3 is 2.96 bits per heavy atom. The first-order chi connectivity index (χ1) is 11.1. The number of benzene rings is 1. The van der Waals surface area contributed by atoms with Crippen LogP contribution in [0.25, 0.3) is 0 Å². The molecule has 3 rings (SSSR count). The fourth-order valence-electron chi connectivity index (χ4n) is 2.58. The van der Waals surface area contributed by atoms with Crippen LogP contribution < -0.4 is 14.2 Å².